The minimum atomic E-state index is -0.0123. The smallest absolute Gasteiger partial charge is 0.231 e. The minimum absolute atomic E-state index is 0.0123. The maximum absolute atomic E-state index is 6.24. The molecule has 1 aliphatic rings. The van der Waals surface area contributed by atoms with Gasteiger partial charge in [0.2, 0.25) is 6.79 Å². The third-order valence-corrected chi connectivity index (χ3v) is 3.26. The fraction of sp³-hybridized carbons (Fsp3) is 0.571. The van der Waals surface area contributed by atoms with E-state index < -0.39 is 0 Å². The van der Waals surface area contributed by atoms with E-state index in [2.05, 4.69) is 30.9 Å². The maximum atomic E-state index is 6.24. The Morgan fingerprint density at radius 2 is 1.89 bits per heavy atom. The van der Waals surface area contributed by atoms with Crippen molar-refractivity contribution in [1.29, 1.82) is 0 Å². The van der Waals surface area contributed by atoms with Gasteiger partial charge >= 0.3 is 0 Å². The van der Waals surface area contributed by atoms with E-state index in [9.17, 15) is 0 Å². The van der Waals surface area contributed by atoms with E-state index in [1.54, 1.807) is 0 Å². The summed E-state index contributed by atoms with van der Waals surface area (Å²) in [6, 6.07) is 5.91. The van der Waals surface area contributed by atoms with Crippen LogP contribution in [-0.2, 0) is 0 Å². The highest BCUT2D eigenvalue weighted by molar-refractivity contribution is 5.45. The molecule has 5 nitrogen and oxygen atoms in total. The molecule has 0 saturated carbocycles. The third kappa shape index (κ3) is 3.83. The lowest BCUT2D eigenvalue weighted by Crippen LogP contribution is -2.34. The molecule has 0 aromatic heterocycles. The molecule has 1 heterocycles. The van der Waals surface area contributed by atoms with Crippen molar-refractivity contribution in [3.8, 4) is 11.5 Å². The van der Waals surface area contributed by atoms with Crippen LogP contribution in [0.25, 0.3) is 0 Å². The van der Waals surface area contributed by atoms with Gasteiger partial charge in [-0.25, -0.2) is 0 Å². The molecule has 0 radical (unpaired) electrons. The van der Waals surface area contributed by atoms with Gasteiger partial charge < -0.3 is 25.0 Å². The van der Waals surface area contributed by atoms with Gasteiger partial charge in [-0.3, -0.25) is 0 Å². The minimum Gasteiger partial charge on any atom is -0.454 e. The molecule has 0 fully saturated rings. The summed E-state index contributed by atoms with van der Waals surface area (Å²) in [5, 5.41) is 0. The predicted octanol–water partition coefficient (Wildman–Crippen LogP) is 0.908. The molecule has 0 saturated heterocycles. The van der Waals surface area contributed by atoms with Crippen LogP contribution in [0.1, 0.15) is 11.6 Å². The SMILES string of the molecule is CN(C)CCN(C)CC(N)c1ccc2c(c1)OCO2. The van der Waals surface area contributed by atoms with Gasteiger partial charge in [0.15, 0.2) is 11.5 Å². The molecule has 106 valence electrons. The van der Waals surface area contributed by atoms with Gasteiger partial charge in [-0.05, 0) is 38.8 Å². The second-order valence-corrected chi connectivity index (χ2v) is 5.28. The molecule has 0 amide bonds. The number of fused-ring (bicyclic) bond motifs is 1. The van der Waals surface area contributed by atoms with Gasteiger partial charge in [-0.2, -0.15) is 0 Å². The van der Waals surface area contributed by atoms with Crippen molar-refractivity contribution in [1.82, 2.24) is 9.80 Å². The Hall–Kier alpha value is -1.30. The lowest BCUT2D eigenvalue weighted by molar-refractivity contribution is 0.174. The van der Waals surface area contributed by atoms with E-state index >= 15 is 0 Å². The van der Waals surface area contributed by atoms with Crippen LogP contribution in [-0.4, -0.2) is 57.4 Å². The van der Waals surface area contributed by atoms with Crippen LogP contribution >= 0.6 is 0 Å². The summed E-state index contributed by atoms with van der Waals surface area (Å²) in [4.78, 5) is 4.41. The third-order valence-electron chi connectivity index (χ3n) is 3.26. The molecule has 1 unspecified atom stereocenters. The number of rotatable bonds is 6. The molecule has 0 bridgehead atoms. The highest BCUT2D eigenvalue weighted by Crippen LogP contribution is 2.33. The van der Waals surface area contributed by atoms with Crippen molar-refractivity contribution in [2.24, 2.45) is 5.73 Å². The number of hydrogen-bond donors (Lipinski definition) is 1. The summed E-state index contributed by atoms with van der Waals surface area (Å²) in [6.07, 6.45) is 0. The summed E-state index contributed by atoms with van der Waals surface area (Å²) in [5.74, 6) is 1.60. The maximum Gasteiger partial charge on any atom is 0.231 e. The van der Waals surface area contributed by atoms with Crippen LogP contribution in [0.2, 0.25) is 0 Å². The zero-order valence-corrected chi connectivity index (χ0v) is 11.9. The Kier molecular flexibility index (Phi) is 4.63. The second kappa shape index (κ2) is 6.23. The first-order valence-corrected chi connectivity index (χ1v) is 6.54. The molecule has 2 N–H and O–H groups in total. The number of nitrogens with zero attached hydrogens (tertiary/aromatic N) is 2. The largest absolute Gasteiger partial charge is 0.454 e. The average Bonchev–Trinajstić information content (AvgIpc) is 2.83. The van der Waals surface area contributed by atoms with E-state index in [-0.39, 0.29) is 6.04 Å². The fourth-order valence-electron chi connectivity index (χ4n) is 2.05. The quantitative estimate of drug-likeness (QED) is 0.828. The predicted molar refractivity (Wildman–Crippen MR) is 75.5 cm³/mol. The van der Waals surface area contributed by atoms with Gasteiger partial charge in [-0.15, -0.1) is 0 Å². The summed E-state index contributed by atoms with van der Waals surface area (Å²) in [5.41, 5.74) is 7.33. The summed E-state index contributed by atoms with van der Waals surface area (Å²) < 4.78 is 10.7. The highest BCUT2D eigenvalue weighted by atomic mass is 16.7. The van der Waals surface area contributed by atoms with Crippen LogP contribution < -0.4 is 15.2 Å². The molecule has 0 spiro atoms. The van der Waals surface area contributed by atoms with Crippen molar-refractivity contribution >= 4 is 0 Å². The first-order chi connectivity index (χ1) is 9.06. The van der Waals surface area contributed by atoms with Crippen molar-refractivity contribution in [2.75, 3.05) is 47.6 Å². The molecule has 2 rings (SSSR count). The Bertz CT molecular complexity index is 423. The van der Waals surface area contributed by atoms with Gasteiger partial charge in [0.05, 0.1) is 0 Å². The van der Waals surface area contributed by atoms with Crippen molar-refractivity contribution in [3.05, 3.63) is 23.8 Å². The number of likely N-dealkylation sites (N-methyl/N-ethyl adjacent to an activating group) is 2. The van der Waals surface area contributed by atoms with Gasteiger partial charge in [-0.1, -0.05) is 6.07 Å². The average molecular weight is 265 g/mol. The summed E-state index contributed by atoms with van der Waals surface area (Å²) in [7, 11) is 6.24. The monoisotopic (exact) mass is 265 g/mol. The molecule has 5 heteroatoms. The fourth-order valence-corrected chi connectivity index (χ4v) is 2.05. The summed E-state index contributed by atoms with van der Waals surface area (Å²) in [6.45, 7) is 3.17. The van der Waals surface area contributed by atoms with Crippen molar-refractivity contribution < 1.29 is 9.47 Å². The summed E-state index contributed by atoms with van der Waals surface area (Å²) >= 11 is 0. The molecule has 1 aliphatic heterocycles. The van der Waals surface area contributed by atoms with E-state index in [0.717, 1.165) is 36.7 Å². The zero-order valence-electron chi connectivity index (χ0n) is 11.9. The molecule has 1 aromatic carbocycles. The lowest BCUT2D eigenvalue weighted by Gasteiger charge is -2.23. The second-order valence-electron chi connectivity index (χ2n) is 5.28. The number of ether oxygens (including phenoxy) is 2. The van der Waals surface area contributed by atoms with Crippen LogP contribution in [0, 0.1) is 0 Å². The van der Waals surface area contributed by atoms with Crippen LogP contribution in [0.3, 0.4) is 0 Å². The van der Waals surface area contributed by atoms with Crippen molar-refractivity contribution in [3.63, 3.8) is 0 Å². The molecular formula is C14H23N3O2. The van der Waals surface area contributed by atoms with E-state index in [1.807, 2.05) is 18.2 Å². The van der Waals surface area contributed by atoms with Gasteiger partial charge in [0.1, 0.15) is 0 Å². The Morgan fingerprint density at radius 3 is 2.63 bits per heavy atom. The number of hydrogen-bond acceptors (Lipinski definition) is 5. The van der Waals surface area contributed by atoms with Gasteiger partial charge in [0.25, 0.3) is 0 Å². The Labute approximate surface area is 114 Å². The molecule has 0 aliphatic carbocycles. The highest BCUT2D eigenvalue weighted by Gasteiger charge is 2.16. The van der Waals surface area contributed by atoms with Crippen LogP contribution in [0.4, 0.5) is 0 Å². The molecule has 19 heavy (non-hydrogen) atoms. The van der Waals surface area contributed by atoms with E-state index in [0.29, 0.717) is 6.79 Å². The number of benzene rings is 1. The first-order valence-electron chi connectivity index (χ1n) is 6.54. The van der Waals surface area contributed by atoms with E-state index in [4.69, 9.17) is 15.2 Å². The van der Waals surface area contributed by atoms with Crippen LogP contribution in [0.5, 0.6) is 11.5 Å². The number of nitrogens with two attached hydrogens (primary N) is 1. The first kappa shape index (κ1) is 14.1. The van der Waals surface area contributed by atoms with Crippen LogP contribution in [0.15, 0.2) is 18.2 Å². The lowest BCUT2D eigenvalue weighted by atomic mass is 10.1. The molecule has 1 aromatic rings. The normalized spacial score (nSPS) is 15.3. The Balaban J connectivity index is 1.90. The topological polar surface area (TPSA) is 51.0 Å². The zero-order chi connectivity index (χ0) is 13.8. The Morgan fingerprint density at radius 1 is 1.16 bits per heavy atom. The molecular weight excluding hydrogens is 242 g/mol. The van der Waals surface area contributed by atoms with Gasteiger partial charge in [0, 0.05) is 25.7 Å². The van der Waals surface area contributed by atoms with E-state index in [1.165, 1.54) is 0 Å². The standard InChI is InChI=1S/C14H23N3O2/c1-16(2)6-7-17(3)9-12(15)11-4-5-13-14(8-11)19-10-18-13/h4-5,8,12H,6-7,9-10,15H2,1-3H3. The molecule has 1 atom stereocenters. The van der Waals surface area contributed by atoms with Crippen molar-refractivity contribution in [2.45, 2.75) is 6.04 Å².